The van der Waals surface area contributed by atoms with Crippen LogP contribution in [0, 0.1) is 13.8 Å². The van der Waals surface area contributed by atoms with Gasteiger partial charge in [0.2, 0.25) is 0 Å². The molecule has 3 aromatic heterocycles. The molecule has 66 heavy (non-hydrogen) atoms. The molecule has 0 saturated carbocycles. The third-order valence-electron chi connectivity index (χ3n) is 11.5. The van der Waals surface area contributed by atoms with Gasteiger partial charge in [-0.2, -0.15) is 0 Å². The van der Waals surface area contributed by atoms with E-state index in [-0.39, 0.29) is 137 Å². The molecule has 2 aromatic carbocycles. The van der Waals surface area contributed by atoms with Crippen LogP contribution in [-0.2, 0) is 45.7 Å². The first kappa shape index (κ1) is 53.5. The molecule has 7 rings (SSSR count). The Morgan fingerprint density at radius 3 is 1.59 bits per heavy atom. The van der Waals surface area contributed by atoms with Crippen LogP contribution >= 0.6 is 0 Å². The maximum absolute atomic E-state index is 12.4. The van der Waals surface area contributed by atoms with Crippen LogP contribution in [0.15, 0.2) is 88.7 Å². The molecule has 2 N–H and O–H groups in total. The molecule has 0 saturated heterocycles. The fourth-order valence-electron chi connectivity index (χ4n) is 7.72. The third-order valence-corrected chi connectivity index (χ3v) is 13.2. The largest absolute Gasteiger partial charge is 1.00 e. The summed E-state index contributed by atoms with van der Waals surface area (Å²) >= 11 is 0. The fourth-order valence-corrected chi connectivity index (χ4v) is 8.66. The predicted molar refractivity (Wildman–Crippen MR) is 244 cm³/mol. The van der Waals surface area contributed by atoms with Crippen molar-refractivity contribution in [1.29, 1.82) is 0 Å². The van der Waals surface area contributed by atoms with Crippen LogP contribution in [0.4, 0.5) is 0 Å². The zero-order chi connectivity index (χ0) is 46.1. The summed E-state index contributed by atoms with van der Waals surface area (Å²) in [6.45, 7) is 7.82. The molecule has 0 fully saturated rings. The van der Waals surface area contributed by atoms with Gasteiger partial charge in [-0.05, 0) is 134 Å². The van der Waals surface area contributed by atoms with Crippen LogP contribution in [0.1, 0.15) is 89.3 Å². The second-order valence-corrected chi connectivity index (χ2v) is 18.2. The summed E-state index contributed by atoms with van der Waals surface area (Å²) in [6, 6.07) is 19.0. The van der Waals surface area contributed by atoms with E-state index >= 15 is 0 Å². The first-order chi connectivity index (χ1) is 30.3. The van der Waals surface area contributed by atoms with E-state index in [2.05, 4.69) is 9.97 Å². The minimum absolute atomic E-state index is 0. The summed E-state index contributed by atoms with van der Waals surface area (Å²) in [5.74, 6) is -0.727. The van der Waals surface area contributed by atoms with Crippen LogP contribution in [0.5, 0.6) is 0 Å². The zero-order valence-electron chi connectivity index (χ0n) is 37.9. The summed E-state index contributed by atoms with van der Waals surface area (Å²) in [5.41, 5.74) is 13.5. The quantitative estimate of drug-likeness (QED) is 0.105. The fraction of sp³-hybridized carbons (Fsp3) is 0.208. The van der Waals surface area contributed by atoms with Crippen molar-refractivity contribution in [3.05, 3.63) is 135 Å². The average Bonchev–Trinajstić information content (AvgIpc) is 3.92. The number of nitrogens with one attached hydrogen (secondary N) is 2. The number of nitrogens with zero attached hydrogens (tertiary/aromatic N) is 2. The number of benzene rings is 2. The molecule has 5 heterocycles. The van der Waals surface area contributed by atoms with Crippen LogP contribution in [0.2, 0.25) is 0 Å². The van der Waals surface area contributed by atoms with Gasteiger partial charge in [-0.15, -0.1) is 0 Å². The van der Waals surface area contributed by atoms with E-state index in [1.807, 2.05) is 70.2 Å². The normalized spacial score (nSPS) is 13.0. The second-order valence-electron chi connectivity index (χ2n) is 15.4. The van der Waals surface area contributed by atoms with Crippen molar-refractivity contribution >= 4 is 94.8 Å². The topological polar surface area (TPSA) is 224 Å². The number of carbonyl (C=O) groups excluding carboxylic acids is 2. The smallest absolute Gasteiger partial charge is 0.744 e. The Bertz CT molecular complexity index is 3260. The van der Waals surface area contributed by atoms with Crippen molar-refractivity contribution in [2.45, 2.75) is 63.2 Å². The number of hydrogen-bond acceptors (Lipinski definition) is 12. The first-order valence-electron chi connectivity index (χ1n) is 20.1. The molecule has 0 amide bonds. The summed E-state index contributed by atoms with van der Waals surface area (Å²) in [5, 5.41) is 0. The van der Waals surface area contributed by atoms with Crippen molar-refractivity contribution < 1.29 is 148 Å². The van der Waals surface area contributed by atoms with Crippen molar-refractivity contribution in [2.75, 3.05) is 14.2 Å². The van der Waals surface area contributed by atoms with Crippen molar-refractivity contribution in [2.24, 2.45) is 0 Å². The van der Waals surface area contributed by atoms with Gasteiger partial charge < -0.3 is 28.5 Å². The van der Waals surface area contributed by atoms with Crippen LogP contribution in [0.3, 0.4) is 0 Å². The molecular weight excluding hydrogens is 935 g/mol. The number of H-pyrrole nitrogens is 2. The molecule has 2 aliphatic heterocycles. The molecule has 5 aromatic rings. The van der Waals surface area contributed by atoms with E-state index in [9.17, 15) is 35.5 Å². The average molecular weight is 979 g/mol. The van der Waals surface area contributed by atoms with Crippen molar-refractivity contribution in [3.8, 4) is 0 Å². The molecule has 0 spiro atoms. The van der Waals surface area contributed by atoms with E-state index in [1.54, 1.807) is 30.3 Å². The number of fused-ring (bicyclic) bond motifs is 8. The molecule has 0 unspecified atom stereocenters. The third kappa shape index (κ3) is 12.2. The van der Waals surface area contributed by atoms with Gasteiger partial charge in [0.1, 0.15) is 20.2 Å². The van der Waals surface area contributed by atoms with Gasteiger partial charge in [0.15, 0.2) is 0 Å². The Hall–Kier alpha value is -3.45. The van der Waals surface area contributed by atoms with Gasteiger partial charge in [0.05, 0.1) is 46.8 Å². The minimum Gasteiger partial charge on any atom is -0.744 e. The molecule has 2 aliphatic rings. The van der Waals surface area contributed by atoms with E-state index in [0.29, 0.717) is 52.3 Å². The Balaban J connectivity index is 0.00000408. The summed E-state index contributed by atoms with van der Waals surface area (Å²) in [7, 11) is -6.55. The zero-order valence-corrected chi connectivity index (χ0v) is 45.7. The number of methoxy groups -OCH3 is 2. The van der Waals surface area contributed by atoms with E-state index in [4.69, 9.17) is 19.4 Å². The van der Waals surface area contributed by atoms with Gasteiger partial charge >= 0.3 is 115 Å². The van der Waals surface area contributed by atoms with Crippen LogP contribution < -0.4 is 103 Å². The SMILES string of the molecule is COC(=O)CCC1=C(C)c2cc3[nH]c(cc4nc(cc5[nH]c(cc1n2)c(CCC(=O)OC)c5C)C(/C=C/c1ccc(S(=O)(=O)[O-])cc1)=C4C)c(/C=C/c1ccc(S(=O)(=O)[O-])cc1)c3C.[K+].[K+]. The maximum atomic E-state index is 12.4. The number of rotatable bonds is 12. The molecule has 0 atom stereocenters. The molecular formula is C48H44K2N4O10S2. The number of aryl methyl sites for hydroxylation is 3. The van der Waals surface area contributed by atoms with Gasteiger partial charge in [-0.25, -0.2) is 26.8 Å². The summed E-state index contributed by atoms with van der Waals surface area (Å²) < 4.78 is 79.5. The van der Waals surface area contributed by atoms with E-state index < -0.39 is 20.2 Å². The van der Waals surface area contributed by atoms with Gasteiger partial charge in [0.25, 0.3) is 0 Å². The number of aromatic amines is 2. The molecule has 0 radical (unpaired) electrons. The first-order valence-corrected chi connectivity index (χ1v) is 22.9. The van der Waals surface area contributed by atoms with Gasteiger partial charge in [-0.1, -0.05) is 48.6 Å². The number of aromatic nitrogens is 4. The Morgan fingerprint density at radius 1 is 0.576 bits per heavy atom. The number of ether oxygens (including phenoxy) is 2. The summed E-state index contributed by atoms with van der Waals surface area (Å²) in [6.07, 6.45) is 8.36. The molecule has 330 valence electrons. The summed E-state index contributed by atoms with van der Waals surface area (Å²) in [4.78, 5) is 41.6. The Kier molecular flexibility index (Phi) is 18.1. The second kappa shape index (κ2) is 22.3. The monoisotopic (exact) mass is 978 g/mol. The van der Waals surface area contributed by atoms with Crippen LogP contribution in [0.25, 0.3) is 62.6 Å². The van der Waals surface area contributed by atoms with Crippen LogP contribution in [-0.4, -0.2) is 72.0 Å². The number of hydrogen-bond donors (Lipinski definition) is 2. The van der Waals surface area contributed by atoms with Crippen molar-refractivity contribution in [3.63, 3.8) is 0 Å². The maximum Gasteiger partial charge on any atom is 1.00 e. The molecule has 18 heteroatoms. The Labute approximate surface area is 468 Å². The molecule has 0 aliphatic carbocycles. The Morgan fingerprint density at radius 2 is 1.03 bits per heavy atom. The number of esters is 2. The van der Waals surface area contributed by atoms with Gasteiger partial charge in [0, 0.05) is 46.0 Å². The standard InChI is InChI=1S/C48H46N4O10S2.2K/c1-27-35(17-11-31-7-13-33(14-8-31)63(55,56)57)43-24-41-28(2)36(18-12-32-9-15-34(16-10-32)64(58,59)60)44(51-41)25-42-30(4)38(20-22-48(54)62-6)46(52-42)26-45-37(19-21-47(53)61-5)29(3)40(50-45)23-39(27)49-43;;/h7-18,23-26,49,52H,19-22H2,1-6H3,(H,55,56,57)(H,58,59,60);;/q;2*+1/p-2/b17-11+,18-12+,39-23?,40-23?,41-24?,42-25?,43-24?,44-25?,45-26?,46-26?;;. The van der Waals surface area contributed by atoms with E-state index in [0.717, 1.165) is 61.1 Å². The minimum atomic E-state index is -4.63. The van der Waals surface area contributed by atoms with E-state index in [1.165, 1.54) is 38.5 Å². The number of carbonyl (C=O) groups is 2. The molecule has 14 nitrogen and oxygen atoms in total. The molecule has 8 bridgehead atoms. The number of allylic oxidation sites excluding steroid dienone is 5. The predicted octanol–water partition coefficient (Wildman–Crippen LogP) is 2.55. The van der Waals surface area contributed by atoms with Gasteiger partial charge in [-0.3, -0.25) is 9.59 Å². The van der Waals surface area contributed by atoms with Crippen molar-refractivity contribution in [1.82, 2.24) is 19.9 Å².